The molecule has 1 atom stereocenters. The quantitative estimate of drug-likeness (QED) is 0.746. The van der Waals surface area contributed by atoms with Crippen molar-refractivity contribution in [3.05, 3.63) is 23.0 Å². The van der Waals surface area contributed by atoms with Gasteiger partial charge in [0.25, 0.3) is 5.91 Å². The van der Waals surface area contributed by atoms with Crippen LogP contribution in [0.2, 0.25) is 0 Å². The van der Waals surface area contributed by atoms with Crippen LogP contribution in [0.15, 0.2) is 6.07 Å². The lowest BCUT2D eigenvalue weighted by Crippen LogP contribution is -2.36. The monoisotopic (exact) mass is 220 g/mol. The van der Waals surface area contributed by atoms with Crippen LogP contribution in [0.1, 0.15) is 28.2 Å². The summed E-state index contributed by atoms with van der Waals surface area (Å²) in [5.74, 6) is -0.0517. The van der Waals surface area contributed by atoms with Crippen LogP contribution in [-0.4, -0.2) is 35.2 Å². The molecule has 1 amide bonds. The first kappa shape index (κ1) is 11.0. The van der Waals surface area contributed by atoms with Crippen molar-refractivity contribution in [1.82, 2.24) is 20.8 Å². The first-order chi connectivity index (χ1) is 7.66. The summed E-state index contributed by atoms with van der Waals surface area (Å²) in [6.07, 6.45) is 0.988. The smallest absolute Gasteiger partial charge is 0.253 e. The highest BCUT2D eigenvalue weighted by molar-refractivity contribution is 5.95. The summed E-state index contributed by atoms with van der Waals surface area (Å²) in [6, 6.07) is 2.01. The molecular formula is C11H16N4O. The third kappa shape index (κ3) is 2.36. The number of aromatic nitrogens is 2. The van der Waals surface area contributed by atoms with Gasteiger partial charge in [0.1, 0.15) is 0 Å². The van der Waals surface area contributed by atoms with Crippen molar-refractivity contribution in [2.45, 2.75) is 26.3 Å². The Bertz CT molecular complexity index is 399. The highest BCUT2D eigenvalue weighted by Crippen LogP contribution is 2.06. The van der Waals surface area contributed by atoms with E-state index < -0.39 is 0 Å². The van der Waals surface area contributed by atoms with Gasteiger partial charge in [-0.15, -0.1) is 0 Å². The summed E-state index contributed by atoms with van der Waals surface area (Å²) in [5.41, 5.74) is 2.06. The van der Waals surface area contributed by atoms with Gasteiger partial charge in [-0.25, -0.2) is 0 Å². The largest absolute Gasteiger partial charge is 0.348 e. The zero-order chi connectivity index (χ0) is 11.5. The van der Waals surface area contributed by atoms with Crippen LogP contribution < -0.4 is 10.6 Å². The summed E-state index contributed by atoms with van der Waals surface area (Å²) >= 11 is 0. The molecule has 16 heavy (non-hydrogen) atoms. The number of hydrogen-bond donors (Lipinski definition) is 2. The van der Waals surface area contributed by atoms with Crippen LogP contribution in [-0.2, 0) is 0 Å². The first-order valence-electron chi connectivity index (χ1n) is 5.49. The van der Waals surface area contributed by atoms with Gasteiger partial charge < -0.3 is 10.6 Å². The number of rotatable bonds is 2. The zero-order valence-electron chi connectivity index (χ0n) is 9.58. The van der Waals surface area contributed by atoms with E-state index in [9.17, 15) is 4.79 Å². The van der Waals surface area contributed by atoms with Gasteiger partial charge in [0.05, 0.1) is 17.0 Å². The SMILES string of the molecule is Cc1cc(C(=O)NC2CCNC2)c(C)nn1. The van der Waals surface area contributed by atoms with Crippen LogP contribution in [0.5, 0.6) is 0 Å². The van der Waals surface area contributed by atoms with E-state index in [1.807, 2.05) is 6.92 Å². The van der Waals surface area contributed by atoms with Crippen LogP contribution in [0.25, 0.3) is 0 Å². The van der Waals surface area contributed by atoms with Gasteiger partial charge in [-0.2, -0.15) is 10.2 Å². The molecule has 0 radical (unpaired) electrons. The molecule has 5 nitrogen and oxygen atoms in total. The number of hydrogen-bond acceptors (Lipinski definition) is 4. The molecule has 1 fully saturated rings. The summed E-state index contributed by atoms with van der Waals surface area (Å²) in [6.45, 7) is 5.45. The van der Waals surface area contributed by atoms with Crippen molar-refractivity contribution in [3.63, 3.8) is 0 Å². The minimum atomic E-state index is -0.0517. The van der Waals surface area contributed by atoms with E-state index in [4.69, 9.17) is 0 Å². The number of carbonyl (C=O) groups excluding carboxylic acids is 1. The predicted molar refractivity (Wildman–Crippen MR) is 60.2 cm³/mol. The van der Waals surface area contributed by atoms with E-state index in [0.29, 0.717) is 11.3 Å². The van der Waals surface area contributed by atoms with Crippen molar-refractivity contribution in [1.29, 1.82) is 0 Å². The lowest BCUT2D eigenvalue weighted by molar-refractivity contribution is 0.0938. The lowest BCUT2D eigenvalue weighted by atomic mass is 10.1. The molecule has 1 saturated heterocycles. The highest BCUT2D eigenvalue weighted by atomic mass is 16.1. The second-order valence-corrected chi connectivity index (χ2v) is 4.15. The summed E-state index contributed by atoms with van der Waals surface area (Å²) in [7, 11) is 0. The fourth-order valence-corrected chi connectivity index (χ4v) is 1.82. The van der Waals surface area contributed by atoms with Gasteiger partial charge in [0.15, 0.2) is 0 Å². The van der Waals surface area contributed by atoms with Gasteiger partial charge in [0, 0.05) is 12.6 Å². The Morgan fingerprint density at radius 2 is 2.31 bits per heavy atom. The normalized spacial score (nSPS) is 19.8. The summed E-state index contributed by atoms with van der Waals surface area (Å²) in [5, 5.41) is 14.1. The van der Waals surface area contributed by atoms with Gasteiger partial charge in [-0.3, -0.25) is 4.79 Å². The van der Waals surface area contributed by atoms with Crippen molar-refractivity contribution >= 4 is 5.91 Å². The minimum absolute atomic E-state index is 0.0517. The van der Waals surface area contributed by atoms with E-state index in [1.54, 1.807) is 13.0 Å². The molecule has 5 heteroatoms. The van der Waals surface area contributed by atoms with E-state index in [1.165, 1.54) is 0 Å². The Balaban J connectivity index is 2.10. The molecule has 1 unspecified atom stereocenters. The second kappa shape index (κ2) is 4.57. The number of aryl methyl sites for hydroxylation is 2. The molecule has 0 bridgehead atoms. The summed E-state index contributed by atoms with van der Waals surface area (Å²) < 4.78 is 0. The number of nitrogens with one attached hydrogen (secondary N) is 2. The molecule has 1 aliphatic rings. The average Bonchev–Trinajstić information content (AvgIpc) is 2.74. The maximum absolute atomic E-state index is 12.0. The summed E-state index contributed by atoms with van der Waals surface area (Å²) in [4.78, 5) is 12.0. The van der Waals surface area contributed by atoms with E-state index in [2.05, 4.69) is 20.8 Å². The molecule has 2 heterocycles. The van der Waals surface area contributed by atoms with Gasteiger partial charge in [0.2, 0.25) is 0 Å². The van der Waals surface area contributed by atoms with Crippen LogP contribution >= 0.6 is 0 Å². The molecule has 1 aromatic rings. The molecule has 1 aliphatic heterocycles. The number of nitrogens with zero attached hydrogens (tertiary/aromatic N) is 2. The standard InChI is InChI=1S/C11H16N4O/c1-7-5-10(8(2)15-14-7)11(16)13-9-3-4-12-6-9/h5,9,12H,3-4,6H2,1-2H3,(H,13,16). The first-order valence-corrected chi connectivity index (χ1v) is 5.49. The zero-order valence-corrected chi connectivity index (χ0v) is 9.58. The molecule has 86 valence electrons. The molecule has 0 aromatic carbocycles. The second-order valence-electron chi connectivity index (χ2n) is 4.15. The van der Waals surface area contributed by atoms with Crippen molar-refractivity contribution in [3.8, 4) is 0 Å². The molecule has 0 spiro atoms. The van der Waals surface area contributed by atoms with Crippen LogP contribution in [0, 0.1) is 13.8 Å². The van der Waals surface area contributed by atoms with E-state index in [-0.39, 0.29) is 11.9 Å². The Hall–Kier alpha value is -1.49. The van der Waals surface area contributed by atoms with Gasteiger partial charge in [-0.05, 0) is 32.9 Å². The van der Waals surface area contributed by atoms with Crippen LogP contribution in [0.3, 0.4) is 0 Å². The minimum Gasteiger partial charge on any atom is -0.348 e. The molecule has 0 saturated carbocycles. The topological polar surface area (TPSA) is 66.9 Å². The Morgan fingerprint density at radius 1 is 1.50 bits per heavy atom. The molecule has 2 rings (SSSR count). The Kier molecular flexibility index (Phi) is 3.14. The average molecular weight is 220 g/mol. The molecule has 1 aromatic heterocycles. The van der Waals surface area contributed by atoms with E-state index in [0.717, 1.165) is 25.2 Å². The fraction of sp³-hybridized carbons (Fsp3) is 0.545. The predicted octanol–water partition coefficient (Wildman–Crippen LogP) is 0.185. The molecule has 2 N–H and O–H groups in total. The van der Waals surface area contributed by atoms with Crippen molar-refractivity contribution in [2.75, 3.05) is 13.1 Å². The lowest BCUT2D eigenvalue weighted by Gasteiger charge is -2.12. The van der Waals surface area contributed by atoms with Crippen molar-refractivity contribution < 1.29 is 4.79 Å². The maximum atomic E-state index is 12.0. The van der Waals surface area contributed by atoms with Crippen LogP contribution in [0.4, 0.5) is 0 Å². The number of amides is 1. The molecule has 0 aliphatic carbocycles. The fourth-order valence-electron chi connectivity index (χ4n) is 1.82. The van der Waals surface area contributed by atoms with E-state index >= 15 is 0 Å². The Morgan fingerprint density at radius 3 is 3.00 bits per heavy atom. The van der Waals surface area contributed by atoms with Crippen molar-refractivity contribution in [2.24, 2.45) is 0 Å². The molecular weight excluding hydrogens is 204 g/mol. The third-order valence-corrected chi connectivity index (χ3v) is 2.74. The third-order valence-electron chi connectivity index (χ3n) is 2.74. The number of carbonyl (C=O) groups is 1. The Labute approximate surface area is 94.6 Å². The maximum Gasteiger partial charge on any atom is 0.253 e. The van der Waals surface area contributed by atoms with Gasteiger partial charge in [-0.1, -0.05) is 0 Å². The highest BCUT2D eigenvalue weighted by Gasteiger charge is 2.19. The van der Waals surface area contributed by atoms with Gasteiger partial charge >= 0.3 is 0 Å².